The van der Waals surface area contributed by atoms with E-state index in [0.29, 0.717) is 55.2 Å². The first-order valence-corrected chi connectivity index (χ1v) is 14.9. The summed E-state index contributed by atoms with van der Waals surface area (Å²) in [5.41, 5.74) is 2.21. The number of anilines is 1. The topological polar surface area (TPSA) is 107 Å². The molecule has 1 aliphatic heterocycles. The summed E-state index contributed by atoms with van der Waals surface area (Å²) in [6.45, 7) is 2.98. The van der Waals surface area contributed by atoms with Crippen molar-refractivity contribution in [3.8, 4) is 17.0 Å². The summed E-state index contributed by atoms with van der Waals surface area (Å²) in [5, 5.41) is 12.8. The van der Waals surface area contributed by atoms with E-state index in [1.165, 1.54) is 11.4 Å². The molecule has 41 heavy (non-hydrogen) atoms. The number of hydrogen-bond acceptors (Lipinski definition) is 7. The summed E-state index contributed by atoms with van der Waals surface area (Å²) in [7, 11) is -0.669. The number of nitrogens with zero attached hydrogens (tertiary/aromatic N) is 6. The number of fused-ring (bicyclic) bond motifs is 2. The van der Waals surface area contributed by atoms with Crippen molar-refractivity contribution in [2.45, 2.75) is 62.4 Å². The number of ether oxygens (including phenoxy) is 1. The minimum atomic E-state index is -4.56. The van der Waals surface area contributed by atoms with Gasteiger partial charge in [0.15, 0.2) is 11.4 Å². The van der Waals surface area contributed by atoms with Gasteiger partial charge in [0.05, 0.1) is 28.8 Å². The molecule has 0 spiro atoms. The fourth-order valence-corrected chi connectivity index (χ4v) is 7.15. The van der Waals surface area contributed by atoms with Gasteiger partial charge in [-0.05, 0) is 50.3 Å². The minimum Gasteiger partial charge on any atom is -0.486 e. The molecular formula is C27H30F3N7O3S. The van der Waals surface area contributed by atoms with Crippen LogP contribution in [0, 0.1) is 0 Å². The van der Waals surface area contributed by atoms with Gasteiger partial charge < -0.3 is 10.1 Å². The highest BCUT2D eigenvalue weighted by Gasteiger charge is 2.39. The molecule has 1 N–H and O–H groups in total. The summed E-state index contributed by atoms with van der Waals surface area (Å²) < 4.78 is 75.5. The van der Waals surface area contributed by atoms with E-state index in [4.69, 9.17) is 9.84 Å². The second-order valence-electron chi connectivity index (χ2n) is 10.5. The zero-order chi connectivity index (χ0) is 29.1. The van der Waals surface area contributed by atoms with Crippen LogP contribution in [0.25, 0.3) is 22.2 Å². The van der Waals surface area contributed by atoms with E-state index in [1.54, 1.807) is 25.4 Å². The lowest BCUT2D eigenvalue weighted by atomic mass is 9.93. The fraction of sp³-hybridized carbons (Fsp3) is 0.444. The highest BCUT2D eigenvalue weighted by Crippen LogP contribution is 2.40. The van der Waals surface area contributed by atoms with E-state index in [9.17, 15) is 21.6 Å². The first kappa shape index (κ1) is 27.5. The van der Waals surface area contributed by atoms with Crippen LogP contribution in [-0.4, -0.2) is 57.0 Å². The Morgan fingerprint density at radius 1 is 1.10 bits per heavy atom. The monoisotopic (exact) mass is 589 g/mol. The van der Waals surface area contributed by atoms with Crippen LogP contribution in [-0.2, 0) is 29.8 Å². The Bertz CT molecular complexity index is 1720. The van der Waals surface area contributed by atoms with Gasteiger partial charge in [0.1, 0.15) is 11.5 Å². The number of benzene rings is 1. The zero-order valence-corrected chi connectivity index (χ0v) is 23.6. The predicted octanol–water partition coefficient (Wildman–Crippen LogP) is 4.98. The molecule has 4 aromatic rings. The molecule has 14 heteroatoms. The number of aryl methyl sites for hydroxylation is 1. The molecule has 0 amide bonds. The van der Waals surface area contributed by atoms with Crippen LogP contribution < -0.4 is 10.1 Å². The van der Waals surface area contributed by atoms with Gasteiger partial charge in [0.2, 0.25) is 10.0 Å². The van der Waals surface area contributed by atoms with Crippen LogP contribution in [0.4, 0.5) is 19.0 Å². The highest BCUT2D eigenvalue weighted by molar-refractivity contribution is 7.89. The van der Waals surface area contributed by atoms with E-state index < -0.39 is 21.9 Å². The molecule has 1 saturated carbocycles. The van der Waals surface area contributed by atoms with Gasteiger partial charge in [0.25, 0.3) is 0 Å². The van der Waals surface area contributed by atoms with Crippen LogP contribution >= 0.6 is 0 Å². The van der Waals surface area contributed by atoms with Gasteiger partial charge in [-0.1, -0.05) is 6.07 Å². The maximum atomic E-state index is 13.5. The van der Waals surface area contributed by atoms with Crippen molar-refractivity contribution < 1.29 is 26.3 Å². The number of rotatable bonds is 6. The Balaban J connectivity index is 1.30. The minimum absolute atomic E-state index is 0.0000928. The highest BCUT2D eigenvalue weighted by atomic mass is 32.2. The lowest BCUT2D eigenvalue weighted by molar-refractivity contribution is -0.145. The fourth-order valence-electron chi connectivity index (χ4n) is 5.81. The standard InChI is InChI=1S/C27H30F3N7O3S/c1-4-31-24-12-21-20(13-32-24)25(16-5-10-23-17(11-16)15-35(2)41(23,38)39)34-37(21)18-6-8-19(9-7-18)40-22-14-33-36(3)26(22)27(28,29)30/h5,10-14,18-19H,4,6-9,15H2,1-3H3,(H,31,32)/t18-,19+. The SMILES string of the molecule is CCNc1cc2c(cn1)c(-c1ccc3c(c1)CN(C)S3(=O)=O)nn2[C@H]1CC[C@@H](Oc2cnn(C)c2C(F)(F)F)CC1. The largest absolute Gasteiger partial charge is 0.486 e. The first-order chi connectivity index (χ1) is 19.5. The average Bonchev–Trinajstić information content (AvgIpc) is 3.55. The van der Waals surface area contributed by atoms with E-state index >= 15 is 0 Å². The Labute approximate surface area is 235 Å². The molecule has 4 heterocycles. The van der Waals surface area contributed by atoms with Crippen molar-refractivity contribution >= 4 is 26.7 Å². The molecule has 1 fully saturated rings. The van der Waals surface area contributed by atoms with Gasteiger partial charge in [-0.3, -0.25) is 9.36 Å². The summed E-state index contributed by atoms with van der Waals surface area (Å²) in [5.74, 6) is 0.462. The van der Waals surface area contributed by atoms with Crippen LogP contribution in [0.15, 0.2) is 41.6 Å². The van der Waals surface area contributed by atoms with Crippen molar-refractivity contribution in [3.63, 3.8) is 0 Å². The number of pyridine rings is 1. The number of halogens is 3. The second kappa shape index (κ2) is 10.0. The molecule has 0 saturated heterocycles. The summed E-state index contributed by atoms with van der Waals surface area (Å²) in [6, 6.07) is 7.23. The van der Waals surface area contributed by atoms with Crippen LogP contribution in [0.3, 0.4) is 0 Å². The lowest BCUT2D eigenvalue weighted by Crippen LogP contribution is -2.27. The molecule has 0 unspecified atom stereocenters. The molecule has 0 atom stereocenters. The van der Waals surface area contributed by atoms with Gasteiger partial charge in [-0.15, -0.1) is 0 Å². The molecule has 3 aromatic heterocycles. The number of alkyl halides is 3. The van der Waals surface area contributed by atoms with Crippen molar-refractivity contribution in [1.82, 2.24) is 28.9 Å². The Kier molecular flexibility index (Phi) is 6.72. The zero-order valence-electron chi connectivity index (χ0n) is 22.8. The molecule has 218 valence electrons. The van der Waals surface area contributed by atoms with Gasteiger partial charge in [0, 0.05) is 50.4 Å². The Morgan fingerprint density at radius 3 is 2.56 bits per heavy atom. The molecule has 2 aliphatic rings. The lowest BCUT2D eigenvalue weighted by Gasteiger charge is -2.29. The van der Waals surface area contributed by atoms with E-state index in [0.717, 1.165) is 32.9 Å². The molecular weight excluding hydrogens is 559 g/mol. The van der Waals surface area contributed by atoms with E-state index in [-0.39, 0.29) is 17.9 Å². The number of sulfonamides is 1. The van der Waals surface area contributed by atoms with Crippen molar-refractivity contribution in [2.24, 2.45) is 7.05 Å². The molecule has 0 bridgehead atoms. The van der Waals surface area contributed by atoms with E-state index in [2.05, 4.69) is 15.4 Å². The summed E-state index contributed by atoms with van der Waals surface area (Å²) in [4.78, 5) is 4.86. The number of hydrogen-bond donors (Lipinski definition) is 1. The smallest absolute Gasteiger partial charge is 0.436 e. The van der Waals surface area contributed by atoms with Crippen molar-refractivity contribution in [2.75, 3.05) is 18.9 Å². The number of nitrogens with one attached hydrogen (secondary N) is 1. The van der Waals surface area contributed by atoms with Crippen molar-refractivity contribution in [3.05, 3.63) is 47.9 Å². The second-order valence-corrected chi connectivity index (χ2v) is 12.5. The quantitative estimate of drug-likeness (QED) is 0.338. The third-order valence-electron chi connectivity index (χ3n) is 7.82. The van der Waals surface area contributed by atoms with Crippen LogP contribution in [0.2, 0.25) is 0 Å². The molecule has 0 radical (unpaired) electrons. The first-order valence-electron chi connectivity index (χ1n) is 13.4. The molecule has 1 aromatic carbocycles. The maximum Gasteiger partial charge on any atom is 0.436 e. The van der Waals surface area contributed by atoms with Crippen molar-refractivity contribution in [1.29, 1.82) is 0 Å². The predicted molar refractivity (Wildman–Crippen MR) is 146 cm³/mol. The molecule has 10 nitrogen and oxygen atoms in total. The molecule has 6 rings (SSSR count). The average molecular weight is 590 g/mol. The van der Waals surface area contributed by atoms with Gasteiger partial charge in [-0.2, -0.15) is 27.7 Å². The van der Waals surface area contributed by atoms with Crippen LogP contribution in [0.1, 0.15) is 49.9 Å². The van der Waals surface area contributed by atoms with E-state index in [1.807, 2.05) is 23.7 Å². The normalized spacial score (nSPS) is 20.8. The van der Waals surface area contributed by atoms with Gasteiger partial charge in [-0.25, -0.2) is 13.4 Å². The van der Waals surface area contributed by atoms with Crippen LogP contribution in [0.5, 0.6) is 5.75 Å². The third kappa shape index (κ3) is 4.82. The maximum absolute atomic E-state index is 13.5. The summed E-state index contributed by atoms with van der Waals surface area (Å²) in [6.07, 6.45) is 0.409. The molecule has 1 aliphatic carbocycles. The Morgan fingerprint density at radius 2 is 1.85 bits per heavy atom. The van der Waals surface area contributed by atoms with Gasteiger partial charge >= 0.3 is 6.18 Å². The Hall–Kier alpha value is -3.65. The summed E-state index contributed by atoms with van der Waals surface area (Å²) >= 11 is 0. The number of aromatic nitrogens is 5. The third-order valence-corrected chi connectivity index (χ3v) is 9.73.